The van der Waals surface area contributed by atoms with Gasteiger partial charge in [0.25, 0.3) is 5.56 Å². The minimum absolute atomic E-state index is 0.157. The number of hydrogen-bond acceptors (Lipinski definition) is 5. The first kappa shape index (κ1) is 13.4. The first-order chi connectivity index (χ1) is 10.1. The van der Waals surface area contributed by atoms with Crippen LogP contribution in [0.15, 0.2) is 29.3 Å². The molecule has 0 aliphatic carbocycles. The van der Waals surface area contributed by atoms with Crippen LogP contribution < -0.4 is 5.56 Å². The van der Waals surface area contributed by atoms with E-state index < -0.39 is 5.97 Å². The lowest BCUT2D eigenvalue weighted by Crippen LogP contribution is -2.12. The summed E-state index contributed by atoms with van der Waals surface area (Å²) in [5.41, 5.74) is 1.14. The second-order valence-electron chi connectivity index (χ2n) is 4.59. The van der Waals surface area contributed by atoms with Gasteiger partial charge < -0.3 is 10.1 Å². The Balaban J connectivity index is 2.11. The summed E-state index contributed by atoms with van der Waals surface area (Å²) in [6, 6.07) is 3.68. The molecule has 0 aliphatic heterocycles. The predicted molar refractivity (Wildman–Crippen MR) is 79.0 cm³/mol. The first-order valence-electron chi connectivity index (χ1n) is 6.20. The number of H-pyrrole nitrogens is 1. The SMILES string of the molecule is Cc1c(C(=O)O)sc2nc(Cc3ccncc3)[nH]c(=O)c12. The second kappa shape index (κ2) is 5.10. The smallest absolute Gasteiger partial charge is 0.346 e. The fraction of sp³-hybridized carbons (Fsp3) is 0.143. The van der Waals surface area contributed by atoms with Crippen LogP contribution in [-0.4, -0.2) is 26.0 Å². The van der Waals surface area contributed by atoms with Gasteiger partial charge in [0.15, 0.2) is 0 Å². The van der Waals surface area contributed by atoms with Crippen LogP contribution in [0.4, 0.5) is 0 Å². The summed E-state index contributed by atoms with van der Waals surface area (Å²) in [4.78, 5) is 34.9. The van der Waals surface area contributed by atoms with Gasteiger partial charge in [-0.05, 0) is 30.2 Å². The summed E-state index contributed by atoms with van der Waals surface area (Å²) < 4.78 is 0. The zero-order chi connectivity index (χ0) is 15.0. The zero-order valence-electron chi connectivity index (χ0n) is 11.1. The molecule has 0 bridgehead atoms. The topological polar surface area (TPSA) is 95.9 Å². The number of rotatable bonds is 3. The number of carboxylic acids is 1. The van der Waals surface area contributed by atoms with Crippen molar-refractivity contribution in [2.24, 2.45) is 0 Å². The van der Waals surface area contributed by atoms with Crippen LogP contribution in [0.5, 0.6) is 0 Å². The van der Waals surface area contributed by atoms with Crippen molar-refractivity contribution in [2.75, 3.05) is 0 Å². The summed E-state index contributed by atoms with van der Waals surface area (Å²) in [5, 5.41) is 9.48. The van der Waals surface area contributed by atoms with E-state index in [1.807, 2.05) is 12.1 Å². The van der Waals surface area contributed by atoms with Gasteiger partial charge in [0.2, 0.25) is 0 Å². The Kier molecular flexibility index (Phi) is 3.26. The Morgan fingerprint density at radius 2 is 2.10 bits per heavy atom. The van der Waals surface area contributed by atoms with E-state index in [-0.39, 0.29) is 10.4 Å². The highest BCUT2D eigenvalue weighted by Gasteiger charge is 2.18. The van der Waals surface area contributed by atoms with Crippen molar-refractivity contribution in [1.29, 1.82) is 0 Å². The molecule has 0 spiro atoms. The lowest BCUT2D eigenvalue weighted by atomic mass is 10.2. The van der Waals surface area contributed by atoms with Gasteiger partial charge in [0.05, 0.1) is 5.39 Å². The zero-order valence-corrected chi connectivity index (χ0v) is 11.9. The molecule has 0 unspecified atom stereocenters. The fourth-order valence-corrected chi connectivity index (χ4v) is 3.21. The van der Waals surface area contributed by atoms with Crippen LogP contribution in [0, 0.1) is 6.92 Å². The van der Waals surface area contributed by atoms with Crippen molar-refractivity contribution in [3.8, 4) is 0 Å². The maximum absolute atomic E-state index is 12.2. The standard InChI is InChI=1S/C14H11N3O3S/c1-7-10-12(18)16-9(6-8-2-4-15-5-3-8)17-13(10)21-11(7)14(19)20/h2-5H,6H2,1H3,(H,19,20)(H,16,17,18). The highest BCUT2D eigenvalue weighted by Crippen LogP contribution is 2.26. The van der Waals surface area contributed by atoms with Gasteiger partial charge in [-0.2, -0.15) is 0 Å². The highest BCUT2D eigenvalue weighted by molar-refractivity contribution is 7.20. The summed E-state index contributed by atoms with van der Waals surface area (Å²) in [7, 11) is 0. The number of pyridine rings is 1. The molecule has 7 heteroatoms. The average Bonchev–Trinajstić information content (AvgIpc) is 2.77. The molecule has 0 amide bonds. The van der Waals surface area contributed by atoms with Crippen molar-refractivity contribution < 1.29 is 9.90 Å². The van der Waals surface area contributed by atoms with Crippen LogP contribution in [0.1, 0.15) is 26.6 Å². The van der Waals surface area contributed by atoms with Crippen molar-refractivity contribution in [3.63, 3.8) is 0 Å². The monoisotopic (exact) mass is 301 g/mol. The second-order valence-corrected chi connectivity index (χ2v) is 5.59. The molecule has 3 rings (SSSR count). The number of aromatic carboxylic acids is 1. The first-order valence-corrected chi connectivity index (χ1v) is 7.02. The van der Waals surface area contributed by atoms with Crippen molar-refractivity contribution >= 4 is 27.5 Å². The number of aromatic amines is 1. The molecular formula is C14H11N3O3S. The molecule has 106 valence electrons. The molecule has 0 fully saturated rings. The molecule has 0 saturated carbocycles. The summed E-state index contributed by atoms with van der Waals surface area (Å²) in [6.07, 6.45) is 3.81. The van der Waals surface area contributed by atoms with Gasteiger partial charge in [0.1, 0.15) is 15.5 Å². The highest BCUT2D eigenvalue weighted by atomic mass is 32.1. The summed E-state index contributed by atoms with van der Waals surface area (Å²) in [6.45, 7) is 1.63. The minimum Gasteiger partial charge on any atom is -0.477 e. The maximum Gasteiger partial charge on any atom is 0.346 e. The summed E-state index contributed by atoms with van der Waals surface area (Å²) >= 11 is 1.03. The largest absolute Gasteiger partial charge is 0.477 e. The Hall–Kier alpha value is -2.54. The van der Waals surface area contributed by atoms with E-state index in [1.165, 1.54) is 0 Å². The predicted octanol–water partition coefficient (Wildman–Crippen LogP) is 1.98. The number of carbonyl (C=O) groups is 1. The van der Waals surface area contributed by atoms with Crippen LogP contribution >= 0.6 is 11.3 Å². The average molecular weight is 301 g/mol. The molecule has 0 aliphatic rings. The third kappa shape index (κ3) is 2.43. The van der Waals surface area contributed by atoms with Crippen LogP contribution in [-0.2, 0) is 6.42 Å². The maximum atomic E-state index is 12.2. The molecule has 21 heavy (non-hydrogen) atoms. The molecule has 6 nitrogen and oxygen atoms in total. The number of aryl methyl sites for hydroxylation is 1. The van der Waals surface area contributed by atoms with E-state index in [0.29, 0.717) is 28.0 Å². The van der Waals surface area contributed by atoms with E-state index in [9.17, 15) is 9.59 Å². The Bertz CT molecular complexity index is 884. The molecule has 0 aromatic carbocycles. The molecule has 0 radical (unpaired) electrons. The molecule has 3 aromatic heterocycles. The normalized spacial score (nSPS) is 10.9. The molecule has 3 heterocycles. The summed E-state index contributed by atoms with van der Waals surface area (Å²) in [5.74, 6) is -0.525. The Morgan fingerprint density at radius 1 is 1.38 bits per heavy atom. The Labute approximate surface area is 123 Å². The molecular weight excluding hydrogens is 290 g/mol. The third-order valence-corrected chi connectivity index (χ3v) is 4.34. The fourth-order valence-electron chi connectivity index (χ4n) is 2.17. The number of aromatic nitrogens is 3. The van der Waals surface area contributed by atoms with Crippen LogP contribution in [0.2, 0.25) is 0 Å². The van der Waals surface area contributed by atoms with Crippen molar-refractivity contribution in [1.82, 2.24) is 15.0 Å². The number of thiophene rings is 1. The van der Waals surface area contributed by atoms with E-state index in [0.717, 1.165) is 16.9 Å². The minimum atomic E-state index is -1.04. The molecule has 0 saturated heterocycles. The lowest BCUT2D eigenvalue weighted by Gasteiger charge is -2.01. The Morgan fingerprint density at radius 3 is 2.76 bits per heavy atom. The van der Waals surface area contributed by atoms with Gasteiger partial charge >= 0.3 is 5.97 Å². The number of nitrogens with zero attached hydrogens (tertiary/aromatic N) is 2. The van der Waals surface area contributed by atoms with E-state index in [1.54, 1.807) is 19.3 Å². The van der Waals surface area contributed by atoms with Gasteiger partial charge in [-0.3, -0.25) is 9.78 Å². The van der Waals surface area contributed by atoms with E-state index in [2.05, 4.69) is 15.0 Å². The van der Waals surface area contributed by atoms with Crippen molar-refractivity contribution in [2.45, 2.75) is 13.3 Å². The molecule has 2 N–H and O–H groups in total. The number of hydrogen-bond donors (Lipinski definition) is 2. The number of fused-ring (bicyclic) bond motifs is 1. The van der Waals surface area contributed by atoms with Gasteiger partial charge in [-0.15, -0.1) is 11.3 Å². The van der Waals surface area contributed by atoms with Crippen LogP contribution in [0.25, 0.3) is 10.2 Å². The van der Waals surface area contributed by atoms with E-state index >= 15 is 0 Å². The number of nitrogens with one attached hydrogen (secondary N) is 1. The lowest BCUT2D eigenvalue weighted by molar-refractivity contribution is 0.0701. The van der Waals surface area contributed by atoms with Gasteiger partial charge in [0, 0.05) is 18.8 Å². The van der Waals surface area contributed by atoms with Gasteiger partial charge in [-0.1, -0.05) is 0 Å². The van der Waals surface area contributed by atoms with E-state index in [4.69, 9.17) is 5.11 Å². The quantitative estimate of drug-likeness (QED) is 0.771. The molecule has 3 aromatic rings. The van der Waals surface area contributed by atoms with Gasteiger partial charge in [-0.25, -0.2) is 9.78 Å². The molecule has 0 atom stereocenters. The number of carboxylic acid groups (broad SMARTS) is 1. The van der Waals surface area contributed by atoms with Crippen LogP contribution in [0.3, 0.4) is 0 Å². The van der Waals surface area contributed by atoms with Crippen molar-refractivity contribution in [3.05, 3.63) is 56.7 Å². The third-order valence-electron chi connectivity index (χ3n) is 3.16.